The average molecular weight is 747 g/mol. The molecule has 0 aromatic heterocycles. The van der Waals surface area contributed by atoms with Gasteiger partial charge in [0, 0.05) is 47.4 Å². The number of aliphatic hydroxyl groups excluding tert-OH is 1. The second-order valence-corrected chi connectivity index (χ2v) is 13.8. The minimum atomic E-state index is -0.873. The van der Waals surface area contributed by atoms with Crippen LogP contribution in [-0.2, 0) is 22.7 Å². The first kappa shape index (κ1) is 38.0. The summed E-state index contributed by atoms with van der Waals surface area (Å²) in [7, 11) is 1.57. The van der Waals surface area contributed by atoms with Gasteiger partial charge in [0.05, 0.1) is 31.5 Å². The van der Waals surface area contributed by atoms with Gasteiger partial charge in [0.2, 0.25) is 11.8 Å². The predicted octanol–water partition coefficient (Wildman–Crippen LogP) is 6.67. The van der Waals surface area contributed by atoms with Crippen LogP contribution in [0.4, 0.5) is 5.69 Å². The highest BCUT2D eigenvalue weighted by Gasteiger charge is 2.32. The molecule has 1 atom stereocenters. The number of carbonyl (C=O) groups is 2. The van der Waals surface area contributed by atoms with E-state index in [2.05, 4.69) is 17.4 Å². The molecule has 54 heavy (non-hydrogen) atoms. The van der Waals surface area contributed by atoms with Gasteiger partial charge in [0.1, 0.15) is 29.2 Å². The van der Waals surface area contributed by atoms with Crippen molar-refractivity contribution in [2.75, 3.05) is 25.1 Å². The fourth-order valence-corrected chi connectivity index (χ4v) is 7.01. The molecular formula is C42H43ClN6O5. The highest BCUT2D eigenvalue weighted by molar-refractivity contribution is 6.31. The summed E-state index contributed by atoms with van der Waals surface area (Å²) in [5, 5.41) is 40.5. The number of hydrogen-bond donors (Lipinski definition) is 5. The van der Waals surface area contributed by atoms with E-state index in [0.717, 1.165) is 35.1 Å². The van der Waals surface area contributed by atoms with Gasteiger partial charge in [-0.15, -0.1) is 0 Å². The van der Waals surface area contributed by atoms with Gasteiger partial charge in [-0.25, -0.2) is 0 Å². The number of aromatic hydroxyl groups is 1. The number of likely N-dealkylation sites (tertiary alicyclic amines) is 1. The molecule has 4 aromatic carbocycles. The number of halogens is 1. The van der Waals surface area contributed by atoms with E-state index in [-0.39, 0.29) is 48.2 Å². The fourth-order valence-electron chi connectivity index (χ4n) is 6.88. The fraction of sp³-hybridized carbons (Fsp3) is 0.262. The van der Waals surface area contributed by atoms with Crippen molar-refractivity contribution in [3.63, 3.8) is 0 Å². The highest BCUT2D eigenvalue weighted by atomic mass is 35.5. The number of anilines is 1. The number of amidine groups is 2. The number of phenols is 1. The number of benzene rings is 4. The van der Waals surface area contributed by atoms with Crippen LogP contribution >= 0.6 is 11.6 Å². The lowest BCUT2D eigenvalue weighted by atomic mass is 9.88. The maximum Gasteiger partial charge on any atom is 0.246 e. The van der Waals surface area contributed by atoms with Crippen LogP contribution in [0.2, 0.25) is 5.02 Å². The summed E-state index contributed by atoms with van der Waals surface area (Å²) >= 11 is 6.20. The zero-order chi connectivity index (χ0) is 38.4. The number of rotatable bonds is 10. The van der Waals surface area contributed by atoms with E-state index < -0.39 is 6.04 Å². The Balaban J connectivity index is 1.10. The Morgan fingerprint density at radius 2 is 1.80 bits per heavy atom. The monoisotopic (exact) mass is 746 g/mol. The Morgan fingerprint density at radius 1 is 1.04 bits per heavy atom. The highest BCUT2D eigenvalue weighted by Crippen LogP contribution is 2.33. The van der Waals surface area contributed by atoms with Crippen LogP contribution in [0.25, 0.3) is 6.08 Å². The number of ether oxygens (including phenoxy) is 1. The molecule has 11 nitrogen and oxygen atoms in total. The molecule has 0 radical (unpaired) electrons. The Kier molecular flexibility index (Phi) is 11.9. The maximum absolute atomic E-state index is 13.5. The molecule has 2 heterocycles. The van der Waals surface area contributed by atoms with Crippen LogP contribution < -0.4 is 15.0 Å². The number of aliphatic hydroxyl groups is 1. The van der Waals surface area contributed by atoms with E-state index in [1.54, 1.807) is 56.5 Å². The minimum absolute atomic E-state index is 0.0181. The number of piperidine rings is 1. The van der Waals surface area contributed by atoms with Crippen LogP contribution in [0.3, 0.4) is 0 Å². The first-order valence-electron chi connectivity index (χ1n) is 17.8. The molecule has 6 rings (SSSR count). The van der Waals surface area contributed by atoms with Gasteiger partial charge in [-0.3, -0.25) is 30.3 Å². The second-order valence-electron chi connectivity index (χ2n) is 13.4. The van der Waals surface area contributed by atoms with E-state index in [9.17, 15) is 19.8 Å². The van der Waals surface area contributed by atoms with Crippen LogP contribution in [0.15, 0.2) is 96.0 Å². The van der Waals surface area contributed by atoms with Crippen LogP contribution in [0.5, 0.6) is 11.5 Å². The molecule has 1 saturated heterocycles. The Hall–Kier alpha value is -5.78. The van der Waals surface area contributed by atoms with Crippen LogP contribution in [0.1, 0.15) is 65.5 Å². The number of nitrogens with zero attached hydrogens (tertiary/aromatic N) is 3. The van der Waals surface area contributed by atoms with Crippen molar-refractivity contribution in [2.24, 2.45) is 4.99 Å². The number of methoxy groups -OCH3 is 1. The Labute approximate surface area is 319 Å². The molecule has 2 aliphatic rings. The molecule has 0 aliphatic carbocycles. The molecule has 0 saturated carbocycles. The quantitative estimate of drug-likeness (QED) is 0.0692. The first-order valence-corrected chi connectivity index (χ1v) is 18.1. The van der Waals surface area contributed by atoms with Crippen LogP contribution in [-0.4, -0.2) is 70.6 Å². The summed E-state index contributed by atoms with van der Waals surface area (Å²) in [6.07, 6.45) is 4.73. The number of benzodiazepines with no additional fused rings is 1. The molecular weight excluding hydrogens is 704 g/mol. The summed E-state index contributed by atoms with van der Waals surface area (Å²) in [6, 6.07) is 24.7. The summed E-state index contributed by atoms with van der Waals surface area (Å²) in [6.45, 7) is 2.84. The normalized spacial score (nSPS) is 16.1. The third-order valence-corrected chi connectivity index (χ3v) is 10.0. The van der Waals surface area contributed by atoms with E-state index >= 15 is 0 Å². The van der Waals surface area contributed by atoms with Gasteiger partial charge in [-0.1, -0.05) is 54.1 Å². The van der Waals surface area contributed by atoms with Crippen LogP contribution in [0, 0.1) is 10.8 Å². The molecule has 0 spiro atoms. The second kappa shape index (κ2) is 16.9. The van der Waals surface area contributed by atoms with Gasteiger partial charge in [0.15, 0.2) is 0 Å². The van der Waals surface area contributed by atoms with Gasteiger partial charge in [-0.2, -0.15) is 0 Å². The van der Waals surface area contributed by atoms with E-state index in [0.29, 0.717) is 52.9 Å². The van der Waals surface area contributed by atoms with Crippen molar-refractivity contribution in [1.29, 1.82) is 10.8 Å². The number of hydrogen-bond acceptors (Lipinski definition) is 8. The molecule has 2 aliphatic heterocycles. The van der Waals surface area contributed by atoms with E-state index in [1.165, 1.54) is 17.0 Å². The molecule has 1 fully saturated rings. The largest absolute Gasteiger partial charge is 0.508 e. The number of carbonyl (C=O) groups excluding carboxylic acids is 2. The molecule has 12 heteroatoms. The molecule has 0 unspecified atom stereocenters. The van der Waals surface area contributed by atoms with E-state index in [4.69, 9.17) is 32.1 Å². The molecule has 5 N–H and O–H groups in total. The first-order chi connectivity index (χ1) is 26.0. The third-order valence-electron chi connectivity index (χ3n) is 9.78. The lowest BCUT2D eigenvalue weighted by Crippen LogP contribution is -2.42. The lowest BCUT2D eigenvalue weighted by molar-refractivity contribution is -0.127. The zero-order valence-electron chi connectivity index (χ0n) is 30.2. The van der Waals surface area contributed by atoms with Crippen molar-refractivity contribution < 1.29 is 24.5 Å². The van der Waals surface area contributed by atoms with Gasteiger partial charge in [0.25, 0.3) is 0 Å². The molecule has 0 bridgehead atoms. The van der Waals surface area contributed by atoms with Crippen molar-refractivity contribution >= 4 is 52.6 Å². The number of nitrogens with one attached hydrogen (secondary N) is 3. The lowest BCUT2D eigenvalue weighted by Gasteiger charge is -2.31. The third kappa shape index (κ3) is 8.70. The zero-order valence-corrected chi connectivity index (χ0v) is 30.9. The van der Waals surface area contributed by atoms with Gasteiger partial charge >= 0.3 is 0 Å². The standard InChI is InChI=1S/C42H43ClN6O5/c1-26(44)49-37-13-12-34(54-2)22-35(37)41(30-8-10-33(43)11-9-30)47-36(42(49)45)23-39(52)46-24-28-4-3-5-31(21-28)29-16-18-48(19-17-29)40(53)15-7-27-6-14-38(51)32(20-27)25-50/h3-15,20-22,29,36,44-45,50-51H,16-19,23-25H2,1-2H3,(H,46,52)/b15-7+,44-26?,45-42?/t36-/m0/s1. The summed E-state index contributed by atoms with van der Waals surface area (Å²) < 4.78 is 5.51. The smallest absolute Gasteiger partial charge is 0.246 e. The topological polar surface area (TPSA) is 162 Å². The Bertz CT molecular complexity index is 2120. The van der Waals surface area contributed by atoms with Crippen molar-refractivity contribution in [3.8, 4) is 11.5 Å². The van der Waals surface area contributed by atoms with Crippen molar-refractivity contribution in [2.45, 2.75) is 51.3 Å². The molecule has 2 amide bonds. The number of amides is 2. The molecule has 278 valence electrons. The van der Waals surface area contributed by atoms with E-state index in [1.807, 2.05) is 35.2 Å². The number of fused-ring (bicyclic) bond motifs is 1. The van der Waals surface area contributed by atoms with Crippen molar-refractivity contribution in [3.05, 3.63) is 129 Å². The minimum Gasteiger partial charge on any atom is -0.508 e. The summed E-state index contributed by atoms with van der Waals surface area (Å²) in [5.74, 6) is 0.660. The Morgan fingerprint density at radius 3 is 2.50 bits per heavy atom. The summed E-state index contributed by atoms with van der Waals surface area (Å²) in [4.78, 5) is 34.7. The molecule has 4 aromatic rings. The maximum atomic E-state index is 13.5. The van der Waals surface area contributed by atoms with Gasteiger partial charge < -0.3 is 25.2 Å². The van der Waals surface area contributed by atoms with Gasteiger partial charge in [-0.05, 0) is 90.9 Å². The predicted molar refractivity (Wildman–Crippen MR) is 212 cm³/mol. The summed E-state index contributed by atoms with van der Waals surface area (Å²) in [5.41, 5.74) is 5.81. The number of aliphatic imine (C=N–C) groups is 1. The SMILES string of the molecule is COc1ccc2c(c1)C(c1ccc(Cl)cc1)=N[C@@H](CC(=O)NCc1cccc(C3CCN(C(=O)/C=C/c4ccc(O)c(CO)c4)CC3)c1)C(=N)N2C(C)=N. The van der Waals surface area contributed by atoms with Crippen molar-refractivity contribution in [1.82, 2.24) is 10.2 Å². The average Bonchev–Trinajstić information content (AvgIpc) is 3.30.